The van der Waals surface area contributed by atoms with Crippen LogP contribution in [-0.2, 0) is 4.79 Å². The monoisotopic (exact) mass is 90.0 g/mol. The minimum atomic E-state index is 0.278. The Morgan fingerprint density at radius 3 is 2.60 bits per heavy atom. The van der Waals surface area contributed by atoms with E-state index in [1.807, 2.05) is 0 Å². The first kappa shape index (κ1) is 4.98. The smallest absolute Gasteiger partial charge is 0.210 e. The maximum absolute atomic E-state index is 9.18. The summed E-state index contributed by atoms with van der Waals surface area (Å²) in [6.07, 6.45) is 1.61. The van der Waals surface area contributed by atoms with Gasteiger partial charge in [0.25, 0.3) is 0 Å². The first-order valence-electron chi connectivity index (χ1n) is 1.08. The van der Waals surface area contributed by atoms with Crippen LogP contribution in [-0.4, -0.2) is 12.0 Å². The number of carbonyl (C=O) groups excluding carboxylic acids is 1. The van der Waals surface area contributed by atoms with Crippen LogP contribution in [0.25, 0.3) is 0 Å². The van der Waals surface area contributed by atoms with E-state index in [1.165, 1.54) is 0 Å². The molecule has 0 unspecified atom stereocenters. The van der Waals surface area contributed by atoms with Gasteiger partial charge in [-0.2, -0.15) is 0 Å². The quantitative estimate of drug-likeness (QED) is 0.473. The first-order chi connectivity index (χ1) is 2.41. The van der Waals surface area contributed by atoms with Gasteiger partial charge in [0.15, 0.2) is 0 Å². The van der Waals surface area contributed by atoms with E-state index in [4.69, 9.17) is 5.14 Å². The molecule has 29 valence electrons. The number of hydrogen-bond donors (Lipinski definition) is 1. The summed E-state index contributed by atoms with van der Waals surface area (Å²) in [5, 5.41) is 4.79. The zero-order chi connectivity index (χ0) is 4.12. The SMILES string of the molecule is NSC[C]=O. The molecular formula is C2H4NOS. The van der Waals surface area contributed by atoms with Gasteiger partial charge in [0.05, 0.1) is 5.75 Å². The van der Waals surface area contributed by atoms with E-state index in [2.05, 4.69) is 0 Å². The zero-order valence-electron chi connectivity index (χ0n) is 2.60. The average molecular weight is 90.1 g/mol. The Labute approximate surface area is 34.9 Å². The van der Waals surface area contributed by atoms with Crippen LogP contribution in [0.4, 0.5) is 0 Å². The lowest BCUT2D eigenvalue weighted by Gasteiger charge is -1.69. The Hall–Kier alpha value is -0.0200. The standard InChI is InChI=1S/C2H4NOS/c3-5-2-1-4/h2-3H2. The third-order valence-electron chi connectivity index (χ3n) is 0.142. The van der Waals surface area contributed by atoms with E-state index in [0.717, 1.165) is 11.9 Å². The predicted molar refractivity (Wildman–Crippen MR) is 22.3 cm³/mol. The van der Waals surface area contributed by atoms with Gasteiger partial charge in [0, 0.05) is 0 Å². The van der Waals surface area contributed by atoms with Crippen LogP contribution in [0.2, 0.25) is 0 Å². The van der Waals surface area contributed by atoms with Crippen molar-refractivity contribution in [1.29, 1.82) is 0 Å². The van der Waals surface area contributed by atoms with Crippen LogP contribution in [0.15, 0.2) is 0 Å². The predicted octanol–water partition coefficient (Wildman–Crippen LogP) is -0.297. The molecular weight excluding hydrogens is 86.1 g/mol. The Morgan fingerprint density at radius 1 is 2.00 bits per heavy atom. The van der Waals surface area contributed by atoms with Crippen molar-refractivity contribution >= 4 is 18.2 Å². The topological polar surface area (TPSA) is 43.1 Å². The number of hydrogen-bond acceptors (Lipinski definition) is 3. The summed E-state index contributed by atoms with van der Waals surface area (Å²) in [7, 11) is 0. The highest BCUT2D eigenvalue weighted by atomic mass is 32.2. The third kappa shape index (κ3) is 3.98. The second-order valence-corrected chi connectivity index (χ2v) is 1.08. The van der Waals surface area contributed by atoms with Gasteiger partial charge in [0.1, 0.15) is 0 Å². The molecule has 0 aromatic carbocycles. The van der Waals surface area contributed by atoms with Crippen LogP contribution in [0.3, 0.4) is 0 Å². The van der Waals surface area contributed by atoms with Crippen LogP contribution in [0.5, 0.6) is 0 Å². The highest BCUT2D eigenvalue weighted by molar-refractivity contribution is 7.97. The molecule has 0 heterocycles. The summed E-state index contributed by atoms with van der Waals surface area (Å²) in [6, 6.07) is 0. The van der Waals surface area contributed by atoms with E-state index in [9.17, 15) is 4.79 Å². The molecule has 1 radical (unpaired) electrons. The summed E-state index contributed by atoms with van der Waals surface area (Å²) in [5.74, 6) is 0.278. The van der Waals surface area contributed by atoms with Gasteiger partial charge >= 0.3 is 0 Å². The van der Waals surface area contributed by atoms with Gasteiger partial charge in [-0.15, -0.1) is 0 Å². The fourth-order valence-corrected chi connectivity index (χ4v) is 0.102. The molecule has 0 amide bonds. The van der Waals surface area contributed by atoms with Gasteiger partial charge in [-0.3, -0.25) is 9.93 Å². The number of rotatable bonds is 2. The highest BCUT2D eigenvalue weighted by Crippen LogP contribution is 1.74. The van der Waals surface area contributed by atoms with E-state index < -0.39 is 0 Å². The fraction of sp³-hybridized carbons (Fsp3) is 0.500. The van der Waals surface area contributed by atoms with E-state index in [-0.39, 0.29) is 5.75 Å². The second-order valence-electron chi connectivity index (χ2n) is 0.455. The summed E-state index contributed by atoms with van der Waals surface area (Å²) in [5.41, 5.74) is 0. The molecule has 0 bridgehead atoms. The van der Waals surface area contributed by atoms with Gasteiger partial charge in [-0.25, -0.2) is 0 Å². The fourth-order valence-electron chi connectivity index (χ4n) is 0.0340. The van der Waals surface area contributed by atoms with Crippen molar-refractivity contribution in [2.45, 2.75) is 0 Å². The largest absolute Gasteiger partial charge is 0.290 e. The molecule has 3 heteroatoms. The van der Waals surface area contributed by atoms with Gasteiger partial charge in [-0.1, -0.05) is 11.9 Å². The molecule has 0 fully saturated rings. The molecule has 5 heavy (non-hydrogen) atoms. The van der Waals surface area contributed by atoms with Crippen molar-refractivity contribution in [3.63, 3.8) is 0 Å². The van der Waals surface area contributed by atoms with Gasteiger partial charge in [0.2, 0.25) is 6.29 Å². The maximum atomic E-state index is 9.18. The second kappa shape index (κ2) is 3.98. The van der Waals surface area contributed by atoms with Crippen LogP contribution in [0.1, 0.15) is 0 Å². The Bertz CT molecular complexity index is 30.8. The summed E-state index contributed by atoms with van der Waals surface area (Å²) in [4.78, 5) is 9.18. The highest BCUT2D eigenvalue weighted by Gasteiger charge is 1.69. The maximum Gasteiger partial charge on any atom is 0.210 e. The van der Waals surface area contributed by atoms with Crippen LogP contribution < -0.4 is 5.14 Å². The molecule has 0 rings (SSSR count). The Morgan fingerprint density at radius 2 is 2.60 bits per heavy atom. The van der Waals surface area contributed by atoms with Gasteiger partial charge < -0.3 is 0 Å². The van der Waals surface area contributed by atoms with E-state index in [0.29, 0.717) is 0 Å². The first-order valence-corrected chi connectivity index (χ1v) is 2.13. The van der Waals surface area contributed by atoms with Crippen LogP contribution in [0, 0.1) is 0 Å². The normalized spacial score (nSPS) is 7.40. The molecule has 0 aliphatic rings. The van der Waals surface area contributed by atoms with Crippen molar-refractivity contribution in [2.24, 2.45) is 5.14 Å². The van der Waals surface area contributed by atoms with Crippen molar-refractivity contribution in [3.8, 4) is 0 Å². The molecule has 0 aromatic heterocycles. The lowest BCUT2D eigenvalue weighted by Crippen LogP contribution is -1.82. The summed E-state index contributed by atoms with van der Waals surface area (Å²) < 4.78 is 0. The van der Waals surface area contributed by atoms with Crippen molar-refractivity contribution in [2.75, 3.05) is 5.75 Å². The summed E-state index contributed by atoms with van der Waals surface area (Å²) in [6.45, 7) is 0. The van der Waals surface area contributed by atoms with Crippen molar-refractivity contribution in [3.05, 3.63) is 0 Å². The molecule has 2 N–H and O–H groups in total. The van der Waals surface area contributed by atoms with Crippen molar-refractivity contribution < 1.29 is 4.79 Å². The molecule has 0 aromatic rings. The van der Waals surface area contributed by atoms with Crippen molar-refractivity contribution in [1.82, 2.24) is 0 Å². The molecule has 0 spiro atoms. The molecule has 2 nitrogen and oxygen atoms in total. The summed E-state index contributed by atoms with van der Waals surface area (Å²) >= 11 is 0.978. The molecule has 0 saturated heterocycles. The molecule has 0 aliphatic heterocycles. The zero-order valence-corrected chi connectivity index (χ0v) is 3.42. The van der Waals surface area contributed by atoms with E-state index in [1.54, 1.807) is 6.29 Å². The minimum absolute atomic E-state index is 0.278. The lowest BCUT2D eigenvalue weighted by molar-refractivity contribution is 0.560. The third-order valence-corrected chi connectivity index (χ3v) is 0.427. The minimum Gasteiger partial charge on any atom is -0.290 e. The molecule has 0 aliphatic carbocycles. The molecule has 0 saturated carbocycles. The van der Waals surface area contributed by atoms with E-state index >= 15 is 0 Å². The lowest BCUT2D eigenvalue weighted by atomic mass is 10.9. The van der Waals surface area contributed by atoms with Crippen LogP contribution >= 0.6 is 11.9 Å². The van der Waals surface area contributed by atoms with Gasteiger partial charge in [-0.05, 0) is 0 Å². The average Bonchev–Trinajstić information content (AvgIpc) is 1.41. The molecule has 0 atom stereocenters. The Kier molecular flexibility index (Phi) is 3.96. The Balaban J connectivity index is 2.40. The number of nitrogens with two attached hydrogens (primary N) is 1.